The van der Waals surface area contributed by atoms with Crippen LogP contribution in [0.15, 0.2) is 146 Å². The van der Waals surface area contributed by atoms with Crippen LogP contribution in [0.3, 0.4) is 0 Å². The summed E-state index contributed by atoms with van der Waals surface area (Å²) in [7, 11) is 0. The van der Waals surface area contributed by atoms with E-state index in [4.69, 9.17) is 24.9 Å². The normalized spacial score (nSPS) is 11.6. The number of fused-ring (bicyclic) bond motifs is 6. The molecular weight excluding hydrogens is 670 g/mol. The molecule has 0 amide bonds. The zero-order chi connectivity index (χ0) is 33.9. The van der Waals surface area contributed by atoms with Gasteiger partial charge in [0.25, 0.3) is 0 Å². The molecule has 4 aromatic heterocycles. The lowest BCUT2D eigenvalue weighted by molar-refractivity contribution is 0.628. The van der Waals surface area contributed by atoms with Gasteiger partial charge in [0.15, 0.2) is 23.3 Å². The molecule has 0 N–H and O–H groups in total. The van der Waals surface area contributed by atoms with Gasteiger partial charge in [-0.2, -0.15) is 0 Å². The van der Waals surface area contributed by atoms with Gasteiger partial charge in [0.2, 0.25) is 0 Å². The molecule has 0 aliphatic heterocycles. The van der Waals surface area contributed by atoms with E-state index in [9.17, 15) is 4.39 Å². The van der Waals surface area contributed by atoms with E-state index >= 15 is 0 Å². The minimum Gasteiger partial charge on any atom is -0.226 e. The number of aromatic nitrogens is 5. The minimum atomic E-state index is -0.276. The van der Waals surface area contributed by atoms with Crippen LogP contribution in [0.5, 0.6) is 0 Å². The van der Waals surface area contributed by atoms with Gasteiger partial charge in [-0.05, 0) is 54.6 Å². The fourth-order valence-corrected chi connectivity index (χ4v) is 8.80. The Bertz CT molecular complexity index is 2860. The first-order valence-electron chi connectivity index (χ1n) is 16.4. The summed E-state index contributed by atoms with van der Waals surface area (Å²) in [6, 6.07) is 47.7. The van der Waals surface area contributed by atoms with Crippen molar-refractivity contribution in [1.82, 2.24) is 24.9 Å². The maximum absolute atomic E-state index is 13.9. The van der Waals surface area contributed by atoms with Crippen LogP contribution in [-0.2, 0) is 0 Å². The zero-order valence-electron chi connectivity index (χ0n) is 26.8. The molecule has 0 radical (unpaired) electrons. The van der Waals surface area contributed by atoms with Crippen LogP contribution >= 0.6 is 22.7 Å². The van der Waals surface area contributed by atoms with E-state index < -0.39 is 0 Å². The molecule has 0 saturated heterocycles. The summed E-state index contributed by atoms with van der Waals surface area (Å²) in [6.07, 6.45) is 0. The van der Waals surface area contributed by atoms with E-state index in [1.54, 1.807) is 34.8 Å². The van der Waals surface area contributed by atoms with Crippen LogP contribution in [0.4, 0.5) is 4.39 Å². The second-order valence-corrected chi connectivity index (χ2v) is 14.4. The van der Waals surface area contributed by atoms with E-state index in [1.807, 2.05) is 72.8 Å². The van der Waals surface area contributed by atoms with E-state index in [1.165, 1.54) is 12.1 Å². The van der Waals surface area contributed by atoms with Crippen molar-refractivity contribution in [3.8, 4) is 56.8 Å². The standard InChI is InChI=1S/C43H24FN5S2/c44-30-19-15-25(16-20-30)37-39-38(32-13-7-8-14-34(32)51-39)46-42(45-37)28-18-22-35-33(23-28)31-21-17-29(24-36(31)50-35)43-48-40(26-9-3-1-4-10-26)47-41(49-43)27-11-5-2-6-12-27/h1-24H. The quantitative estimate of drug-likeness (QED) is 0.180. The first-order valence-corrected chi connectivity index (χ1v) is 18.1. The van der Waals surface area contributed by atoms with Crippen molar-refractivity contribution >= 4 is 63.1 Å². The number of thiophene rings is 2. The summed E-state index contributed by atoms with van der Waals surface area (Å²) in [5, 5.41) is 3.36. The number of hydrogen-bond donors (Lipinski definition) is 0. The number of halogens is 1. The van der Waals surface area contributed by atoms with Crippen LogP contribution in [-0.4, -0.2) is 24.9 Å². The fourth-order valence-electron chi connectivity index (χ4n) is 6.52. The number of benzene rings is 6. The Balaban J connectivity index is 1.11. The minimum absolute atomic E-state index is 0.276. The SMILES string of the molecule is Fc1ccc(-c2nc(-c3ccc4sc5cc(-c6nc(-c7ccccc7)nc(-c7ccccc7)n6)ccc5c4c3)nc3c2sc2ccccc23)cc1. The summed E-state index contributed by atoms with van der Waals surface area (Å²) in [5.41, 5.74) is 6.28. The molecule has 6 aromatic carbocycles. The molecule has 0 fully saturated rings. The smallest absolute Gasteiger partial charge is 0.164 e. The highest BCUT2D eigenvalue weighted by atomic mass is 32.1. The van der Waals surface area contributed by atoms with Crippen molar-refractivity contribution in [2.75, 3.05) is 0 Å². The van der Waals surface area contributed by atoms with Crippen molar-refractivity contribution in [3.05, 3.63) is 151 Å². The highest BCUT2D eigenvalue weighted by Crippen LogP contribution is 2.41. The van der Waals surface area contributed by atoms with Gasteiger partial charge < -0.3 is 0 Å². The third kappa shape index (κ3) is 5.24. The number of rotatable bonds is 5. The van der Waals surface area contributed by atoms with E-state index in [0.29, 0.717) is 23.3 Å². The molecule has 240 valence electrons. The predicted octanol–water partition coefficient (Wildman–Crippen LogP) is 11.9. The second kappa shape index (κ2) is 12.0. The zero-order valence-corrected chi connectivity index (χ0v) is 28.4. The van der Waals surface area contributed by atoms with Gasteiger partial charge in [-0.3, -0.25) is 0 Å². The van der Waals surface area contributed by atoms with Crippen LogP contribution in [0.2, 0.25) is 0 Å². The summed E-state index contributed by atoms with van der Waals surface area (Å²) in [5.74, 6) is 2.25. The largest absolute Gasteiger partial charge is 0.226 e. The summed E-state index contributed by atoms with van der Waals surface area (Å²) < 4.78 is 18.4. The van der Waals surface area contributed by atoms with Gasteiger partial charge in [-0.15, -0.1) is 22.7 Å². The number of hydrogen-bond acceptors (Lipinski definition) is 7. The van der Waals surface area contributed by atoms with E-state index in [2.05, 4.69) is 48.5 Å². The summed E-state index contributed by atoms with van der Waals surface area (Å²) in [4.78, 5) is 25.0. The Morgan fingerprint density at radius 1 is 0.373 bits per heavy atom. The highest BCUT2D eigenvalue weighted by Gasteiger charge is 2.18. The lowest BCUT2D eigenvalue weighted by Gasteiger charge is -2.08. The first-order chi connectivity index (χ1) is 25.1. The molecule has 8 heteroatoms. The fraction of sp³-hybridized carbons (Fsp3) is 0. The van der Waals surface area contributed by atoms with Crippen LogP contribution < -0.4 is 0 Å². The van der Waals surface area contributed by atoms with Gasteiger partial charge >= 0.3 is 0 Å². The van der Waals surface area contributed by atoms with Crippen molar-refractivity contribution in [1.29, 1.82) is 0 Å². The van der Waals surface area contributed by atoms with E-state index in [-0.39, 0.29) is 5.82 Å². The van der Waals surface area contributed by atoms with Crippen LogP contribution in [0.25, 0.3) is 97.3 Å². The van der Waals surface area contributed by atoms with Gasteiger partial charge in [0.05, 0.1) is 15.9 Å². The monoisotopic (exact) mass is 693 g/mol. The third-order valence-electron chi connectivity index (χ3n) is 9.02. The van der Waals surface area contributed by atoms with Crippen LogP contribution in [0.1, 0.15) is 0 Å². The molecule has 0 atom stereocenters. The van der Waals surface area contributed by atoms with Crippen molar-refractivity contribution in [3.63, 3.8) is 0 Å². The molecule has 10 rings (SSSR count). The van der Waals surface area contributed by atoms with Gasteiger partial charge in [0, 0.05) is 58.1 Å². The Morgan fingerprint density at radius 2 is 0.941 bits per heavy atom. The molecule has 0 spiro atoms. The van der Waals surface area contributed by atoms with Gasteiger partial charge in [-0.25, -0.2) is 29.3 Å². The lowest BCUT2D eigenvalue weighted by atomic mass is 10.1. The first kappa shape index (κ1) is 29.7. The topological polar surface area (TPSA) is 64.5 Å². The molecule has 51 heavy (non-hydrogen) atoms. The maximum Gasteiger partial charge on any atom is 0.164 e. The molecular formula is C43H24FN5S2. The average Bonchev–Trinajstić information content (AvgIpc) is 3.76. The average molecular weight is 694 g/mol. The van der Waals surface area contributed by atoms with Crippen molar-refractivity contribution in [2.45, 2.75) is 0 Å². The molecule has 0 bridgehead atoms. The molecule has 0 saturated carbocycles. The van der Waals surface area contributed by atoms with Crippen molar-refractivity contribution in [2.24, 2.45) is 0 Å². The van der Waals surface area contributed by atoms with Crippen molar-refractivity contribution < 1.29 is 4.39 Å². The second-order valence-electron chi connectivity index (χ2n) is 12.2. The van der Waals surface area contributed by atoms with Gasteiger partial charge in [0.1, 0.15) is 5.82 Å². The third-order valence-corrected chi connectivity index (χ3v) is 11.3. The van der Waals surface area contributed by atoms with E-state index in [0.717, 1.165) is 74.0 Å². The highest BCUT2D eigenvalue weighted by molar-refractivity contribution is 7.26. The Kier molecular flexibility index (Phi) is 6.97. The molecule has 10 aromatic rings. The predicted molar refractivity (Wildman–Crippen MR) is 208 cm³/mol. The maximum atomic E-state index is 13.9. The number of nitrogens with zero attached hydrogens (tertiary/aromatic N) is 5. The van der Waals surface area contributed by atoms with Gasteiger partial charge in [-0.1, -0.05) is 91.0 Å². The Morgan fingerprint density at radius 3 is 1.67 bits per heavy atom. The molecule has 0 aliphatic carbocycles. The Labute approximate surface area is 299 Å². The molecule has 0 aliphatic rings. The summed E-state index contributed by atoms with van der Waals surface area (Å²) in [6.45, 7) is 0. The Hall–Kier alpha value is -6.22. The molecule has 0 unspecified atom stereocenters. The molecule has 5 nitrogen and oxygen atoms in total. The lowest BCUT2D eigenvalue weighted by Crippen LogP contribution is -1.99. The molecule has 4 heterocycles. The van der Waals surface area contributed by atoms with Crippen LogP contribution in [0, 0.1) is 5.82 Å². The summed E-state index contributed by atoms with van der Waals surface area (Å²) >= 11 is 3.40.